The molecule has 0 saturated carbocycles. The molecule has 0 aliphatic carbocycles. The monoisotopic (exact) mass is 575 g/mol. The van der Waals surface area contributed by atoms with Crippen molar-refractivity contribution in [1.82, 2.24) is 0 Å². The number of anilines is 1. The van der Waals surface area contributed by atoms with E-state index in [2.05, 4.69) is 9.47 Å². The number of β-amino-alcohol motifs (C(OH)–C–C–N with tert-alkyl or cyclic N) is 1. The highest BCUT2D eigenvalue weighted by molar-refractivity contribution is 5.85. The average Bonchev–Trinajstić information content (AvgIpc) is 2.82. The van der Waals surface area contributed by atoms with Gasteiger partial charge in [-0.2, -0.15) is 0 Å². The summed E-state index contributed by atoms with van der Waals surface area (Å²) in [5.74, 6) is -0.754. The van der Waals surface area contributed by atoms with Crippen LogP contribution in [0, 0.1) is 5.92 Å². The van der Waals surface area contributed by atoms with E-state index in [0.29, 0.717) is 29.5 Å². The Labute approximate surface area is 228 Å². The number of ether oxygens (including phenoxy) is 2. The third-order valence-corrected chi connectivity index (χ3v) is 6.51. The largest absolute Gasteiger partial charge is 0.573 e. The van der Waals surface area contributed by atoms with Crippen molar-refractivity contribution in [1.29, 1.82) is 0 Å². The second-order valence-electron chi connectivity index (χ2n) is 9.52. The van der Waals surface area contributed by atoms with E-state index in [1.54, 1.807) is 24.3 Å². The Morgan fingerprint density at radius 1 is 0.872 bits per heavy atom. The molecule has 1 N–H and O–H groups in total. The van der Waals surface area contributed by atoms with E-state index in [-0.39, 0.29) is 42.4 Å². The van der Waals surface area contributed by atoms with Crippen LogP contribution in [0.2, 0.25) is 0 Å². The lowest BCUT2D eigenvalue weighted by Gasteiger charge is -2.41. The van der Waals surface area contributed by atoms with E-state index in [1.165, 1.54) is 36.4 Å². The Balaban J connectivity index is 0.00000420. The smallest absolute Gasteiger partial charge is 0.406 e. The van der Waals surface area contributed by atoms with Crippen molar-refractivity contribution in [2.75, 3.05) is 11.4 Å². The number of nitrogens with zero attached hydrogens (tertiary/aromatic N) is 1. The summed E-state index contributed by atoms with van der Waals surface area (Å²) in [5.41, 5.74) is 3.47. The Morgan fingerprint density at radius 3 is 2.08 bits per heavy atom. The lowest BCUT2D eigenvalue weighted by molar-refractivity contribution is -0.275. The van der Waals surface area contributed by atoms with Gasteiger partial charge in [0, 0.05) is 12.2 Å². The molecule has 0 radical (unpaired) electrons. The minimum atomic E-state index is -4.83. The number of hydrogen-bond acceptors (Lipinski definition) is 4. The van der Waals surface area contributed by atoms with Crippen LogP contribution < -0.4 is 14.4 Å². The molecular weight excluding hydrogens is 548 g/mol. The molecule has 4 nitrogen and oxygen atoms in total. The highest BCUT2D eigenvalue weighted by Crippen LogP contribution is 2.44. The highest BCUT2D eigenvalue weighted by Gasteiger charge is 2.34. The van der Waals surface area contributed by atoms with Crippen LogP contribution in [0.25, 0.3) is 11.1 Å². The molecule has 3 aromatic carbocycles. The molecule has 1 aliphatic rings. The lowest BCUT2D eigenvalue weighted by Crippen LogP contribution is -2.40. The van der Waals surface area contributed by atoms with Crippen LogP contribution in [0.5, 0.6) is 11.5 Å². The summed E-state index contributed by atoms with van der Waals surface area (Å²) in [5, 5.41) is 10.8. The SMILES string of the molecule is CC(C)C(O)CN1c2cccc(-c3cccc(OC(F)(F)F)c3)c2CCC1c1cccc(OC(F)(F)F)c1.Cl. The van der Waals surface area contributed by atoms with Gasteiger partial charge in [-0.1, -0.05) is 50.2 Å². The number of benzene rings is 3. The van der Waals surface area contributed by atoms with Gasteiger partial charge in [0.2, 0.25) is 0 Å². The lowest BCUT2D eigenvalue weighted by atomic mass is 9.86. The second kappa shape index (κ2) is 12.0. The number of alkyl halides is 6. The van der Waals surface area contributed by atoms with Crippen LogP contribution in [0.15, 0.2) is 66.7 Å². The van der Waals surface area contributed by atoms with Crippen molar-refractivity contribution in [3.05, 3.63) is 77.9 Å². The topological polar surface area (TPSA) is 41.9 Å². The maximum absolute atomic E-state index is 12.8. The van der Waals surface area contributed by atoms with Crippen LogP contribution in [0.1, 0.15) is 37.4 Å². The van der Waals surface area contributed by atoms with Gasteiger partial charge in [-0.15, -0.1) is 38.7 Å². The molecule has 0 spiro atoms. The average molecular weight is 576 g/mol. The van der Waals surface area contributed by atoms with Crippen LogP contribution in [0.3, 0.4) is 0 Å². The van der Waals surface area contributed by atoms with E-state index in [9.17, 15) is 31.4 Å². The summed E-state index contributed by atoms with van der Waals surface area (Å²) in [6, 6.07) is 16.6. The van der Waals surface area contributed by atoms with Crippen molar-refractivity contribution in [3.8, 4) is 22.6 Å². The molecule has 0 amide bonds. The molecule has 0 fully saturated rings. The first-order chi connectivity index (χ1) is 17.8. The van der Waals surface area contributed by atoms with Gasteiger partial charge >= 0.3 is 12.7 Å². The van der Waals surface area contributed by atoms with E-state index < -0.39 is 18.8 Å². The molecule has 1 aliphatic heterocycles. The van der Waals surface area contributed by atoms with Crippen molar-refractivity contribution in [2.45, 2.75) is 51.6 Å². The van der Waals surface area contributed by atoms with Gasteiger partial charge in [0.25, 0.3) is 0 Å². The van der Waals surface area contributed by atoms with Gasteiger partial charge in [-0.25, -0.2) is 0 Å². The Bertz CT molecular complexity index is 1260. The minimum Gasteiger partial charge on any atom is -0.406 e. The molecule has 212 valence electrons. The maximum Gasteiger partial charge on any atom is 0.573 e. The predicted octanol–water partition coefficient (Wildman–Crippen LogP) is 8.08. The summed E-state index contributed by atoms with van der Waals surface area (Å²) in [6.45, 7) is 3.94. The van der Waals surface area contributed by atoms with E-state index >= 15 is 0 Å². The summed E-state index contributed by atoms with van der Waals surface area (Å²) >= 11 is 0. The molecule has 3 aromatic rings. The first-order valence-corrected chi connectivity index (χ1v) is 12.1. The summed E-state index contributed by atoms with van der Waals surface area (Å²) in [4.78, 5) is 1.95. The highest BCUT2D eigenvalue weighted by atomic mass is 35.5. The van der Waals surface area contributed by atoms with Crippen molar-refractivity contribution < 1.29 is 40.9 Å². The standard InChI is InChI=1S/C28H27F6NO3.ClH/c1-17(2)26(36)16-35-24(19-7-4-9-21(15-19)38-28(32,33)34)13-12-23-22(10-5-11-25(23)35)18-6-3-8-20(14-18)37-27(29,30)31;/h3-11,14-15,17,24,26,36H,12-13,16H2,1-2H3;1H. The normalized spacial score (nSPS) is 16.4. The van der Waals surface area contributed by atoms with Gasteiger partial charge in [-0.3, -0.25) is 0 Å². The molecule has 11 heteroatoms. The fraction of sp³-hybridized carbons (Fsp3) is 0.357. The van der Waals surface area contributed by atoms with E-state index in [4.69, 9.17) is 0 Å². The molecule has 0 bridgehead atoms. The van der Waals surface area contributed by atoms with Crippen molar-refractivity contribution in [3.63, 3.8) is 0 Å². The predicted molar refractivity (Wildman–Crippen MR) is 138 cm³/mol. The third kappa shape index (κ3) is 7.73. The zero-order valence-electron chi connectivity index (χ0n) is 21.1. The number of rotatable bonds is 7. The summed E-state index contributed by atoms with van der Waals surface area (Å²) in [7, 11) is 0. The number of hydrogen-bond donors (Lipinski definition) is 1. The zero-order valence-corrected chi connectivity index (χ0v) is 21.9. The van der Waals surface area contributed by atoms with Crippen LogP contribution in [0.4, 0.5) is 32.0 Å². The van der Waals surface area contributed by atoms with Crippen LogP contribution >= 0.6 is 12.4 Å². The number of halogens is 7. The van der Waals surface area contributed by atoms with Crippen LogP contribution in [-0.4, -0.2) is 30.5 Å². The van der Waals surface area contributed by atoms with Gasteiger partial charge in [0.05, 0.1) is 12.1 Å². The first kappa shape index (κ1) is 30.4. The van der Waals surface area contributed by atoms with Crippen LogP contribution in [-0.2, 0) is 6.42 Å². The molecule has 0 aromatic heterocycles. The quantitative estimate of drug-likeness (QED) is 0.289. The van der Waals surface area contributed by atoms with Gasteiger partial charge in [-0.05, 0) is 71.3 Å². The molecule has 2 unspecified atom stereocenters. The minimum absolute atomic E-state index is 0. The van der Waals surface area contributed by atoms with E-state index in [0.717, 1.165) is 11.3 Å². The fourth-order valence-electron chi connectivity index (χ4n) is 4.75. The van der Waals surface area contributed by atoms with Crippen molar-refractivity contribution in [2.24, 2.45) is 5.92 Å². The van der Waals surface area contributed by atoms with Gasteiger partial charge in [0.1, 0.15) is 11.5 Å². The molecule has 4 rings (SSSR count). The number of fused-ring (bicyclic) bond motifs is 1. The fourth-order valence-corrected chi connectivity index (χ4v) is 4.75. The Hall–Kier alpha value is -3.11. The summed E-state index contributed by atoms with van der Waals surface area (Å²) in [6.07, 6.45) is -9.37. The molecule has 1 heterocycles. The first-order valence-electron chi connectivity index (χ1n) is 12.1. The molecule has 39 heavy (non-hydrogen) atoms. The number of aliphatic hydroxyl groups is 1. The molecular formula is C28H28ClF6NO3. The maximum atomic E-state index is 12.8. The Kier molecular flexibility index (Phi) is 9.33. The van der Waals surface area contributed by atoms with E-state index in [1.807, 2.05) is 24.8 Å². The van der Waals surface area contributed by atoms with Crippen molar-refractivity contribution >= 4 is 18.1 Å². The third-order valence-electron chi connectivity index (χ3n) is 6.51. The van der Waals surface area contributed by atoms with Gasteiger partial charge in [0.15, 0.2) is 0 Å². The van der Waals surface area contributed by atoms with Gasteiger partial charge < -0.3 is 19.5 Å². The Morgan fingerprint density at radius 2 is 1.46 bits per heavy atom. The summed E-state index contributed by atoms with van der Waals surface area (Å²) < 4.78 is 85.1. The zero-order chi connectivity index (χ0) is 27.7. The molecule has 0 saturated heterocycles. The number of aliphatic hydroxyl groups excluding tert-OH is 1. The second-order valence-corrected chi connectivity index (χ2v) is 9.52. The molecule has 2 atom stereocenters.